The highest BCUT2D eigenvalue weighted by atomic mass is 35.5. The van der Waals surface area contributed by atoms with Gasteiger partial charge in [0, 0.05) is 18.9 Å². The molecule has 1 aromatic heterocycles. The molecule has 110 valence electrons. The Kier molecular flexibility index (Phi) is 5.14. The second-order valence-corrected chi connectivity index (χ2v) is 4.77. The van der Waals surface area contributed by atoms with Crippen LogP contribution in [0.2, 0.25) is 5.02 Å². The van der Waals surface area contributed by atoms with E-state index < -0.39 is 6.10 Å². The largest absolute Gasteiger partial charge is 0.497 e. The molecule has 0 fully saturated rings. The SMILES string of the molecule is COc1cccc(C(O)CNC(=O)c2ccncc2Cl)c1. The van der Waals surface area contributed by atoms with E-state index in [1.165, 1.54) is 18.5 Å². The fraction of sp³-hybridized carbons (Fsp3) is 0.200. The highest BCUT2D eigenvalue weighted by Gasteiger charge is 2.13. The van der Waals surface area contributed by atoms with Crippen molar-refractivity contribution in [2.45, 2.75) is 6.10 Å². The maximum atomic E-state index is 12.0. The first-order valence-corrected chi connectivity index (χ1v) is 6.69. The molecule has 0 saturated carbocycles. The Bertz CT molecular complexity index is 634. The quantitative estimate of drug-likeness (QED) is 0.888. The molecule has 5 nitrogen and oxygen atoms in total. The van der Waals surface area contributed by atoms with Gasteiger partial charge in [0.1, 0.15) is 5.75 Å². The summed E-state index contributed by atoms with van der Waals surface area (Å²) in [5.74, 6) is 0.291. The number of benzene rings is 1. The predicted molar refractivity (Wildman–Crippen MR) is 79.5 cm³/mol. The van der Waals surface area contributed by atoms with Crippen LogP contribution >= 0.6 is 11.6 Å². The zero-order valence-corrected chi connectivity index (χ0v) is 12.2. The molecule has 0 aliphatic carbocycles. The van der Waals surface area contributed by atoms with Gasteiger partial charge in [0.2, 0.25) is 0 Å². The minimum atomic E-state index is -0.829. The van der Waals surface area contributed by atoms with Crippen molar-refractivity contribution in [2.24, 2.45) is 0 Å². The van der Waals surface area contributed by atoms with Gasteiger partial charge in [-0.3, -0.25) is 9.78 Å². The molecule has 0 aliphatic heterocycles. The lowest BCUT2D eigenvalue weighted by Gasteiger charge is -2.13. The van der Waals surface area contributed by atoms with Gasteiger partial charge in [-0.2, -0.15) is 0 Å². The summed E-state index contributed by atoms with van der Waals surface area (Å²) in [5, 5.41) is 13.0. The first-order valence-electron chi connectivity index (χ1n) is 6.31. The van der Waals surface area contributed by atoms with Crippen LogP contribution in [0.25, 0.3) is 0 Å². The Hall–Kier alpha value is -2.11. The predicted octanol–water partition coefficient (Wildman–Crippen LogP) is 2.21. The highest BCUT2D eigenvalue weighted by Crippen LogP contribution is 2.19. The molecule has 1 amide bonds. The van der Waals surface area contributed by atoms with Crippen molar-refractivity contribution in [3.63, 3.8) is 0 Å². The maximum absolute atomic E-state index is 12.0. The summed E-state index contributed by atoms with van der Waals surface area (Å²) in [6.07, 6.45) is 2.05. The molecule has 1 heterocycles. The number of aliphatic hydroxyl groups is 1. The van der Waals surface area contributed by atoms with Gasteiger partial charge < -0.3 is 15.2 Å². The van der Waals surface area contributed by atoms with Crippen molar-refractivity contribution < 1.29 is 14.6 Å². The minimum Gasteiger partial charge on any atom is -0.497 e. The molecule has 1 unspecified atom stereocenters. The van der Waals surface area contributed by atoms with E-state index in [1.807, 2.05) is 0 Å². The van der Waals surface area contributed by atoms with E-state index in [2.05, 4.69) is 10.3 Å². The number of aromatic nitrogens is 1. The average molecular weight is 307 g/mol. The van der Waals surface area contributed by atoms with Crippen molar-refractivity contribution in [2.75, 3.05) is 13.7 Å². The number of rotatable bonds is 5. The van der Waals surface area contributed by atoms with Gasteiger partial charge in [-0.15, -0.1) is 0 Å². The molecule has 0 bridgehead atoms. The van der Waals surface area contributed by atoms with Gasteiger partial charge >= 0.3 is 0 Å². The van der Waals surface area contributed by atoms with Gasteiger partial charge in [-0.25, -0.2) is 0 Å². The second-order valence-electron chi connectivity index (χ2n) is 4.36. The van der Waals surface area contributed by atoms with Crippen LogP contribution in [-0.2, 0) is 0 Å². The van der Waals surface area contributed by atoms with Crippen molar-refractivity contribution in [3.05, 3.63) is 58.9 Å². The Balaban J connectivity index is 1.99. The number of nitrogens with one attached hydrogen (secondary N) is 1. The molecule has 2 rings (SSSR count). The Morgan fingerprint density at radius 3 is 3.00 bits per heavy atom. The number of methoxy groups -OCH3 is 1. The first kappa shape index (κ1) is 15.3. The lowest BCUT2D eigenvalue weighted by Crippen LogP contribution is -2.28. The number of ether oxygens (including phenoxy) is 1. The first-order chi connectivity index (χ1) is 10.1. The Labute approximate surface area is 127 Å². The molecule has 21 heavy (non-hydrogen) atoms. The summed E-state index contributed by atoms with van der Waals surface area (Å²) < 4.78 is 5.09. The number of hydrogen-bond acceptors (Lipinski definition) is 4. The van der Waals surface area contributed by atoms with E-state index in [0.717, 1.165) is 0 Å². The van der Waals surface area contributed by atoms with Crippen LogP contribution in [0.15, 0.2) is 42.7 Å². The van der Waals surface area contributed by atoms with Crippen LogP contribution in [0.1, 0.15) is 22.0 Å². The molecule has 6 heteroatoms. The van der Waals surface area contributed by atoms with Crippen LogP contribution in [-0.4, -0.2) is 29.7 Å². The maximum Gasteiger partial charge on any atom is 0.253 e. The lowest BCUT2D eigenvalue weighted by molar-refractivity contribution is 0.0916. The molecule has 0 spiro atoms. The molecule has 1 atom stereocenters. The average Bonchev–Trinajstić information content (AvgIpc) is 2.52. The third kappa shape index (κ3) is 3.93. The number of halogens is 1. The smallest absolute Gasteiger partial charge is 0.253 e. The third-order valence-electron chi connectivity index (χ3n) is 2.95. The summed E-state index contributed by atoms with van der Waals surface area (Å²) in [6.45, 7) is 0.0741. The normalized spacial score (nSPS) is 11.8. The fourth-order valence-corrected chi connectivity index (χ4v) is 2.02. The summed E-state index contributed by atoms with van der Waals surface area (Å²) >= 11 is 5.89. The van der Waals surface area contributed by atoms with Gasteiger partial charge in [0.05, 0.1) is 23.8 Å². The summed E-state index contributed by atoms with van der Waals surface area (Å²) in [7, 11) is 1.55. The van der Waals surface area contributed by atoms with Crippen molar-refractivity contribution in [3.8, 4) is 5.75 Å². The molecule has 1 aromatic carbocycles. The number of pyridine rings is 1. The summed E-state index contributed by atoms with van der Waals surface area (Å²) in [4.78, 5) is 15.8. The van der Waals surface area contributed by atoms with Gasteiger partial charge in [0.25, 0.3) is 5.91 Å². The van der Waals surface area contributed by atoms with E-state index in [4.69, 9.17) is 16.3 Å². The number of aliphatic hydroxyl groups excluding tert-OH is 1. The van der Waals surface area contributed by atoms with E-state index in [-0.39, 0.29) is 17.5 Å². The molecule has 2 aromatic rings. The van der Waals surface area contributed by atoms with E-state index in [1.54, 1.807) is 31.4 Å². The van der Waals surface area contributed by atoms with Crippen molar-refractivity contribution in [1.29, 1.82) is 0 Å². The van der Waals surface area contributed by atoms with Gasteiger partial charge in [-0.1, -0.05) is 23.7 Å². The molecule has 0 saturated heterocycles. The summed E-state index contributed by atoms with van der Waals surface area (Å²) in [6, 6.07) is 8.56. The van der Waals surface area contributed by atoms with Crippen LogP contribution < -0.4 is 10.1 Å². The monoisotopic (exact) mass is 306 g/mol. The van der Waals surface area contributed by atoms with Crippen molar-refractivity contribution >= 4 is 17.5 Å². The Morgan fingerprint density at radius 1 is 1.48 bits per heavy atom. The topological polar surface area (TPSA) is 71.5 Å². The van der Waals surface area contributed by atoms with Crippen LogP contribution in [0.4, 0.5) is 0 Å². The number of amides is 1. The highest BCUT2D eigenvalue weighted by molar-refractivity contribution is 6.33. The van der Waals surface area contributed by atoms with Crippen LogP contribution in [0.5, 0.6) is 5.75 Å². The molecule has 0 radical (unpaired) electrons. The lowest BCUT2D eigenvalue weighted by atomic mass is 10.1. The zero-order chi connectivity index (χ0) is 15.2. The number of hydrogen-bond donors (Lipinski definition) is 2. The van der Waals surface area contributed by atoms with Crippen LogP contribution in [0, 0.1) is 0 Å². The molecule has 0 aliphatic rings. The van der Waals surface area contributed by atoms with Gasteiger partial charge in [-0.05, 0) is 23.8 Å². The number of carbonyl (C=O) groups is 1. The number of nitrogens with zero attached hydrogens (tertiary/aromatic N) is 1. The Morgan fingerprint density at radius 2 is 2.29 bits per heavy atom. The van der Waals surface area contributed by atoms with E-state index in [9.17, 15) is 9.90 Å². The molecular formula is C15H15ClN2O3. The van der Waals surface area contributed by atoms with E-state index in [0.29, 0.717) is 16.9 Å². The zero-order valence-electron chi connectivity index (χ0n) is 11.4. The van der Waals surface area contributed by atoms with E-state index >= 15 is 0 Å². The standard InChI is InChI=1S/C15H15ClN2O3/c1-21-11-4-2-3-10(7-11)14(19)9-18-15(20)12-5-6-17-8-13(12)16/h2-8,14,19H,9H2,1H3,(H,18,20). The van der Waals surface area contributed by atoms with Crippen molar-refractivity contribution in [1.82, 2.24) is 10.3 Å². The summed E-state index contributed by atoms with van der Waals surface area (Å²) in [5.41, 5.74) is 0.986. The second kappa shape index (κ2) is 7.06. The van der Waals surface area contributed by atoms with Gasteiger partial charge in [0.15, 0.2) is 0 Å². The molecular weight excluding hydrogens is 292 g/mol. The minimum absolute atomic E-state index is 0.0741. The fourth-order valence-electron chi connectivity index (χ4n) is 1.81. The van der Waals surface area contributed by atoms with Crippen LogP contribution in [0.3, 0.4) is 0 Å². The third-order valence-corrected chi connectivity index (χ3v) is 3.25. The molecule has 2 N–H and O–H groups in total. The number of carbonyl (C=O) groups excluding carboxylic acids is 1.